The highest BCUT2D eigenvalue weighted by Gasteiger charge is 2.37. The fourth-order valence-corrected chi connectivity index (χ4v) is 5.59. The summed E-state index contributed by atoms with van der Waals surface area (Å²) in [4.78, 5) is 13.9. The van der Waals surface area contributed by atoms with Crippen molar-refractivity contribution in [3.63, 3.8) is 0 Å². The first-order valence-electron chi connectivity index (χ1n) is 10.3. The van der Waals surface area contributed by atoms with Gasteiger partial charge in [-0.05, 0) is 37.9 Å². The maximum atomic E-state index is 13.1. The van der Waals surface area contributed by atoms with E-state index in [1.165, 1.54) is 21.2 Å². The van der Waals surface area contributed by atoms with Crippen LogP contribution in [0.1, 0.15) is 46.4 Å². The molecule has 0 spiro atoms. The van der Waals surface area contributed by atoms with Gasteiger partial charge in [0.25, 0.3) is 0 Å². The zero-order chi connectivity index (χ0) is 21.3. The number of fused-ring (bicyclic) bond motifs is 5. The van der Waals surface area contributed by atoms with E-state index >= 15 is 0 Å². The second kappa shape index (κ2) is 6.73. The van der Waals surface area contributed by atoms with Crippen molar-refractivity contribution in [2.45, 2.75) is 50.9 Å². The number of rotatable bonds is 4. The monoisotopic (exact) mass is 447 g/mol. The Labute approximate surface area is 179 Å². The van der Waals surface area contributed by atoms with Gasteiger partial charge in [-0.1, -0.05) is 0 Å². The summed E-state index contributed by atoms with van der Waals surface area (Å²) in [6, 6.07) is 1.19. The van der Waals surface area contributed by atoms with Gasteiger partial charge in [-0.2, -0.15) is 18.3 Å². The summed E-state index contributed by atoms with van der Waals surface area (Å²) in [6.07, 6.45) is 0.435. The number of aromatic nitrogens is 6. The summed E-state index contributed by atoms with van der Waals surface area (Å²) in [5, 5.41) is 9.43. The minimum Gasteiger partial charge on any atom is -0.301 e. The molecule has 1 aliphatic heterocycles. The van der Waals surface area contributed by atoms with E-state index in [0.29, 0.717) is 24.5 Å². The smallest absolute Gasteiger partial charge is 0.301 e. The third kappa shape index (κ3) is 3.30. The fraction of sp³-hybridized carbons (Fsp3) is 0.500. The number of likely N-dealkylation sites (N-methyl/N-ethyl adjacent to an activating group) is 1. The van der Waals surface area contributed by atoms with Crippen molar-refractivity contribution in [2.75, 3.05) is 13.6 Å². The van der Waals surface area contributed by atoms with Crippen LogP contribution in [0.3, 0.4) is 0 Å². The molecule has 0 aromatic carbocycles. The van der Waals surface area contributed by atoms with Crippen molar-refractivity contribution >= 4 is 27.2 Å². The first-order valence-corrected chi connectivity index (χ1v) is 11.2. The molecule has 4 aromatic rings. The van der Waals surface area contributed by atoms with E-state index in [9.17, 15) is 13.2 Å². The van der Waals surface area contributed by atoms with Crippen LogP contribution >= 0.6 is 11.3 Å². The van der Waals surface area contributed by atoms with Gasteiger partial charge >= 0.3 is 6.18 Å². The molecule has 0 amide bonds. The number of hydrogen-bond acceptors (Lipinski definition) is 6. The van der Waals surface area contributed by atoms with Gasteiger partial charge in [-0.15, -0.1) is 16.4 Å². The van der Waals surface area contributed by atoms with Crippen LogP contribution in [-0.4, -0.2) is 47.9 Å². The Balaban J connectivity index is 1.32. The van der Waals surface area contributed by atoms with Crippen LogP contribution in [0, 0.1) is 0 Å². The highest BCUT2D eigenvalue weighted by molar-refractivity contribution is 7.19. The maximum Gasteiger partial charge on any atom is 0.435 e. The number of nitrogens with zero attached hydrogens (tertiary/aromatic N) is 7. The van der Waals surface area contributed by atoms with E-state index in [1.54, 1.807) is 22.2 Å². The van der Waals surface area contributed by atoms with E-state index in [4.69, 9.17) is 4.98 Å². The average Bonchev–Trinajstić information content (AvgIpc) is 3.17. The first-order chi connectivity index (χ1) is 14.9. The molecular weight excluding hydrogens is 427 g/mol. The second-order valence-corrected chi connectivity index (χ2v) is 9.50. The third-order valence-electron chi connectivity index (χ3n) is 6.06. The van der Waals surface area contributed by atoms with Crippen molar-refractivity contribution in [1.82, 2.24) is 34.3 Å². The molecule has 7 nitrogen and oxygen atoms in total. The van der Waals surface area contributed by atoms with Gasteiger partial charge in [0, 0.05) is 42.5 Å². The quantitative estimate of drug-likeness (QED) is 0.478. The first kappa shape index (κ1) is 19.2. The van der Waals surface area contributed by atoms with E-state index in [0.717, 1.165) is 48.2 Å². The second-order valence-electron chi connectivity index (χ2n) is 8.41. The fourth-order valence-electron chi connectivity index (χ4n) is 4.33. The highest BCUT2D eigenvalue weighted by Crippen LogP contribution is 2.42. The molecule has 6 rings (SSSR count). The van der Waals surface area contributed by atoms with Crippen molar-refractivity contribution in [3.05, 3.63) is 40.0 Å². The predicted octanol–water partition coefficient (Wildman–Crippen LogP) is 3.66. The molecule has 31 heavy (non-hydrogen) atoms. The molecular formula is C20H20F3N7S. The lowest BCUT2D eigenvalue weighted by Crippen LogP contribution is -2.25. The molecule has 0 unspecified atom stereocenters. The van der Waals surface area contributed by atoms with E-state index in [2.05, 4.69) is 27.1 Å². The van der Waals surface area contributed by atoms with Gasteiger partial charge < -0.3 is 4.90 Å². The number of aryl methyl sites for hydroxylation is 2. The van der Waals surface area contributed by atoms with Crippen molar-refractivity contribution in [3.8, 4) is 0 Å². The van der Waals surface area contributed by atoms with E-state index < -0.39 is 11.9 Å². The third-order valence-corrected chi connectivity index (χ3v) is 7.18. The van der Waals surface area contributed by atoms with E-state index in [-0.39, 0.29) is 5.92 Å². The highest BCUT2D eigenvalue weighted by atomic mass is 32.1. The molecule has 0 bridgehead atoms. The van der Waals surface area contributed by atoms with Crippen LogP contribution < -0.4 is 0 Å². The molecule has 0 N–H and O–H groups in total. The zero-order valence-electron chi connectivity index (χ0n) is 16.9. The van der Waals surface area contributed by atoms with Crippen molar-refractivity contribution in [2.24, 2.45) is 0 Å². The topological polar surface area (TPSA) is 64.1 Å². The van der Waals surface area contributed by atoms with Gasteiger partial charge in [-0.3, -0.25) is 4.68 Å². The largest absolute Gasteiger partial charge is 0.435 e. The molecule has 4 aromatic heterocycles. The minimum atomic E-state index is -4.43. The molecule has 0 atom stereocenters. The summed E-state index contributed by atoms with van der Waals surface area (Å²) in [5.41, 5.74) is 1.92. The SMILES string of the molecule is CN1CCc2c(sc3ncn4nc(CCn5nc(C(F)(F)F)cc5C5CC5)nc4c23)C1. The Morgan fingerprint density at radius 3 is 2.84 bits per heavy atom. The van der Waals surface area contributed by atoms with Gasteiger partial charge in [0.05, 0.1) is 5.39 Å². The Bertz CT molecular complexity index is 1300. The number of halogens is 3. The molecule has 1 fully saturated rings. The van der Waals surface area contributed by atoms with Gasteiger partial charge in [-0.25, -0.2) is 14.5 Å². The summed E-state index contributed by atoms with van der Waals surface area (Å²) >= 11 is 1.70. The summed E-state index contributed by atoms with van der Waals surface area (Å²) in [5.74, 6) is 0.768. The van der Waals surface area contributed by atoms with E-state index in [1.807, 2.05) is 0 Å². The molecule has 2 aliphatic rings. The Morgan fingerprint density at radius 2 is 2.06 bits per heavy atom. The van der Waals surface area contributed by atoms with Crippen LogP contribution in [0.15, 0.2) is 12.4 Å². The predicted molar refractivity (Wildman–Crippen MR) is 109 cm³/mol. The van der Waals surface area contributed by atoms with Gasteiger partial charge in [0.15, 0.2) is 17.2 Å². The Kier molecular flexibility index (Phi) is 4.16. The molecule has 162 valence electrons. The summed E-state index contributed by atoms with van der Waals surface area (Å²) < 4.78 is 42.6. The molecule has 0 radical (unpaired) electrons. The van der Waals surface area contributed by atoms with Crippen molar-refractivity contribution in [1.29, 1.82) is 0 Å². The lowest BCUT2D eigenvalue weighted by Gasteiger charge is -2.21. The average molecular weight is 447 g/mol. The lowest BCUT2D eigenvalue weighted by molar-refractivity contribution is -0.141. The molecule has 0 saturated heterocycles. The van der Waals surface area contributed by atoms with Gasteiger partial charge in [0.1, 0.15) is 11.2 Å². The van der Waals surface area contributed by atoms with Crippen LogP contribution in [0.4, 0.5) is 13.2 Å². The normalized spacial score (nSPS) is 17.7. The number of thiophene rings is 1. The lowest BCUT2D eigenvalue weighted by atomic mass is 10.1. The minimum absolute atomic E-state index is 0.178. The zero-order valence-corrected chi connectivity index (χ0v) is 17.7. The van der Waals surface area contributed by atoms with Crippen molar-refractivity contribution < 1.29 is 13.2 Å². The standard InChI is InChI=1S/C20H20F3N7S/c1-28-6-4-12-14(9-28)31-19-17(12)18-25-16(27-30(18)10-24-19)5-7-29-13(11-2-3-11)8-15(26-29)20(21,22)23/h8,10-11H,2-7,9H2,1H3. The summed E-state index contributed by atoms with van der Waals surface area (Å²) in [6.45, 7) is 2.22. The molecule has 5 heterocycles. The summed E-state index contributed by atoms with van der Waals surface area (Å²) in [7, 11) is 2.11. The maximum absolute atomic E-state index is 13.1. The molecule has 1 saturated carbocycles. The molecule has 11 heteroatoms. The van der Waals surface area contributed by atoms with Crippen LogP contribution in [-0.2, 0) is 32.1 Å². The molecule has 1 aliphatic carbocycles. The van der Waals surface area contributed by atoms with Crippen LogP contribution in [0.5, 0.6) is 0 Å². The van der Waals surface area contributed by atoms with Crippen LogP contribution in [0.2, 0.25) is 0 Å². The number of alkyl halides is 3. The van der Waals surface area contributed by atoms with Gasteiger partial charge in [0.2, 0.25) is 0 Å². The van der Waals surface area contributed by atoms with Crippen LogP contribution in [0.25, 0.3) is 15.9 Å². The Hall–Kier alpha value is -2.53. The number of hydrogen-bond donors (Lipinski definition) is 0. The Morgan fingerprint density at radius 1 is 1.23 bits per heavy atom.